The highest BCUT2D eigenvalue weighted by Gasteiger charge is 2.30. The molecule has 0 saturated carbocycles. The molecular formula is C25H32N2O8. The van der Waals surface area contributed by atoms with E-state index in [0.717, 1.165) is 0 Å². The second kappa shape index (κ2) is 13.2. The normalized spacial score (nSPS) is 13.2. The van der Waals surface area contributed by atoms with E-state index in [1.807, 2.05) is 51.1 Å². The summed E-state index contributed by atoms with van der Waals surface area (Å²) in [5, 5.41) is 2.56. The Hall–Kier alpha value is -3.82. The summed E-state index contributed by atoms with van der Waals surface area (Å²) in [6, 6.07) is 9.72. The van der Waals surface area contributed by atoms with Crippen molar-refractivity contribution in [2.75, 3.05) is 13.9 Å². The van der Waals surface area contributed by atoms with Gasteiger partial charge in [-0.05, 0) is 31.9 Å². The number of nitrogens with one attached hydrogen (secondary N) is 1. The van der Waals surface area contributed by atoms with E-state index in [1.54, 1.807) is 0 Å². The van der Waals surface area contributed by atoms with Crippen molar-refractivity contribution in [1.29, 1.82) is 0 Å². The number of carbonyl (C=O) groups is 3. The summed E-state index contributed by atoms with van der Waals surface area (Å²) in [6.45, 7) is 7.93. The first-order valence-electron chi connectivity index (χ1n) is 11.2. The predicted octanol–water partition coefficient (Wildman–Crippen LogP) is 3.14. The number of methoxy groups -OCH3 is 1. The van der Waals surface area contributed by atoms with Gasteiger partial charge in [0.1, 0.15) is 24.0 Å². The molecule has 10 nitrogen and oxygen atoms in total. The summed E-state index contributed by atoms with van der Waals surface area (Å²) in [7, 11) is 1.39. The largest absolute Gasteiger partial charge is 0.493 e. The van der Waals surface area contributed by atoms with Crippen LogP contribution in [0.4, 0.5) is 0 Å². The molecule has 0 radical (unpaired) electrons. The van der Waals surface area contributed by atoms with Crippen LogP contribution < -0.4 is 19.5 Å². The van der Waals surface area contributed by atoms with Crippen LogP contribution in [0.2, 0.25) is 0 Å². The zero-order valence-electron chi connectivity index (χ0n) is 20.8. The third kappa shape index (κ3) is 8.16. The van der Waals surface area contributed by atoms with Gasteiger partial charge >= 0.3 is 11.9 Å². The molecule has 0 aliphatic heterocycles. The number of nitrogens with zero attached hydrogens (tertiary/aromatic N) is 1. The Morgan fingerprint density at radius 1 is 1.03 bits per heavy atom. The molecule has 190 valence electrons. The maximum atomic E-state index is 12.9. The standard InChI is InChI=1S/C25H32N2O8/c1-15(2)22(17(4)34-19-10-8-7-9-11-19)35-25(30)16(3)27-24(29)21-23(33-14-32-18(5)28)20(31-6)12-13-26-21/h7-13,15-17,22H,14H2,1-6H3,(H,27,29)/t16-,17+,22+/m0/s1. The van der Waals surface area contributed by atoms with Crippen molar-refractivity contribution in [3.63, 3.8) is 0 Å². The molecule has 0 spiro atoms. The molecule has 3 atom stereocenters. The van der Waals surface area contributed by atoms with Crippen LogP contribution in [0.5, 0.6) is 17.2 Å². The lowest BCUT2D eigenvalue weighted by atomic mass is 10.0. The van der Waals surface area contributed by atoms with Gasteiger partial charge in [0.25, 0.3) is 5.91 Å². The third-order valence-corrected chi connectivity index (χ3v) is 4.91. The topological polar surface area (TPSA) is 122 Å². The minimum Gasteiger partial charge on any atom is -0.493 e. The highest BCUT2D eigenvalue weighted by atomic mass is 16.7. The van der Waals surface area contributed by atoms with E-state index < -0.39 is 42.9 Å². The molecule has 0 fully saturated rings. The van der Waals surface area contributed by atoms with E-state index in [0.29, 0.717) is 5.75 Å². The van der Waals surface area contributed by atoms with Gasteiger partial charge in [0.2, 0.25) is 6.79 Å². The maximum absolute atomic E-state index is 12.9. The minimum atomic E-state index is -0.998. The Labute approximate surface area is 204 Å². The summed E-state index contributed by atoms with van der Waals surface area (Å²) < 4.78 is 27.0. The summed E-state index contributed by atoms with van der Waals surface area (Å²) in [5.41, 5.74) is -0.141. The van der Waals surface area contributed by atoms with Crippen LogP contribution in [0.1, 0.15) is 45.1 Å². The molecule has 1 N–H and O–H groups in total. The second-order valence-electron chi connectivity index (χ2n) is 8.07. The van der Waals surface area contributed by atoms with Crippen molar-refractivity contribution in [1.82, 2.24) is 10.3 Å². The Kier molecular flexibility index (Phi) is 10.3. The smallest absolute Gasteiger partial charge is 0.328 e. The lowest BCUT2D eigenvalue weighted by Crippen LogP contribution is -2.45. The fourth-order valence-corrected chi connectivity index (χ4v) is 3.18. The number of pyridine rings is 1. The van der Waals surface area contributed by atoms with Crippen molar-refractivity contribution in [2.24, 2.45) is 5.92 Å². The molecule has 1 aromatic heterocycles. The average Bonchev–Trinajstić information content (AvgIpc) is 2.82. The summed E-state index contributed by atoms with van der Waals surface area (Å²) in [4.78, 5) is 40.8. The van der Waals surface area contributed by atoms with Crippen molar-refractivity contribution in [3.05, 3.63) is 48.3 Å². The van der Waals surface area contributed by atoms with Crippen LogP contribution in [0.15, 0.2) is 42.6 Å². The molecule has 0 bridgehead atoms. The molecule has 0 aliphatic carbocycles. The predicted molar refractivity (Wildman–Crippen MR) is 126 cm³/mol. The van der Waals surface area contributed by atoms with E-state index in [1.165, 1.54) is 33.2 Å². The number of esters is 2. The molecule has 1 heterocycles. The number of rotatable bonds is 12. The van der Waals surface area contributed by atoms with Gasteiger partial charge in [0.15, 0.2) is 17.2 Å². The van der Waals surface area contributed by atoms with Crippen molar-refractivity contribution < 1.29 is 38.1 Å². The van der Waals surface area contributed by atoms with Crippen molar-refractivity contribution in [2.45, 2.75) is 52.9 Å². The number of ether oxygens (including phenoxy) is 5. The molecule has 1 aromatic carbocycles. The first-order chi connectivity index (χ1) is 16.6. The third-order valence-electron chi connectivity index (χ3n) is 4.91. The highest BCUT2D eigenvalue weighted by Crippen LogP contribution is 2.29. The van der Waals surface area contributed by atoms with Crippen LogP contribution in [-0.2, 0) is 19.1 Å². The molecule has 0 saturated heterocycles. The molecule has 10 heteroatoms. The van der Waals surface area contributed by atoms with Crippen LogP contribution in [0.3, 0.4) is 0 Å². The van der Waals surface area contributed by atoms with E-state index >= 15 is 0 Å². The van der Waals surface area contributed by atoms with Gasteiger partial charge in [0, 0.05) is 19.2 Å². The Bertz CT molecular complexity index is 996. The zero-order valence-corrected chi connectivity index (χ0v) is 20.8. The zero-order chi connectivity index (χ0) is 26.0. The number of aromatic nitrogens is 1. The van der Waals surface area contributed by atoms with Gasteiger partial charge < -0.3 is 29.0 Å². The van der Waals surface area contributed by atoms with Gasteiger partial charge in [-0.25, -0.2) is 9.78 Å². The van der Waals surface area contributed by atoms with E-state index in [-0.39, 0.29) is 23.1 Å². The molecule has 0 aliphatic rings. The van der Waals surface area contributed by atoms with Crippen LogP contribution in [-0.4, -0.2) is 55.0 Å². The lowest BCUT2D eigenvalue weighted by molar-refractivity contribution is -0.158. The molecular weight excluding hydrogens is 456 g/mol. The molecule has 2 rings (SSSR count). The quantitative estimate of drug-likeness (QED) is 0.355. The minimum absolute atomic E-state index is 0.0285. The maximum Gasteiger partial charge on any atom is 0.328 e. The van der Waals surface area contributed by atoms with Gasteiger partial charge in [-0.1, -0.05) is 32.0 Å². The molecule has 2 aromatic rings. The van der Waals surface area contributed by atoms with Crippen molar-refractivity contribution >= 4 is 17.8 Å². The number of hydrogen-bond acceptors (Lipinski definition) is 9. The lowest BCUT2D eigenvalue weighted by Gasteiger charge is -2.29. The first kappa shape index (κ1) is 27.4. The van der Waals surface area contributed by atoms with E-state index in [9.17, 15) is 14.4 Å². The number of para-hydroxylation sites is 1. The van der Waals surface area contributed by atoms with Gasteiger partial charge in [-0.3, -0.25) is 9.59 Å². The SMILES string of the molecule is COc1ccnc(C(=O)N[C@@H](C)C(=O)O[C@H](C(C)C)[C@@H](C)Oc2ccccc2)c1OCOC(C)=O. The Morgan fingerprint density at radius 3 is 2.31 bits per heavy atom. The number of hydrogen-bond donors (Lipinski definition) is 1. The highest BCUT2D eigenvalue weighted by molar-refractivity contribution is 5.98. The van der Waals surface area contributed by atoms with Gasteiger partial charge in [-0.2, -0.15) is 0 Å². The Morgan fingerprint density at radius 2 is 1.71 bits per heavy atom. The fourth-order valence-electron chi connectivity index (χ4n) is 3.18. The molecule has 1 amide bonds. The van der Waals surface area contributed by atoms with Crippen LogP contribution in [0.25, 0.3) is 0 Å². The van der Waals surface area contributed by atoms with Gasteiger partial charge in [-0.15, -0.1) is 0 Å². The van der Waals surface area contributed by atoms with Crippen LogP contribution in [0, 0.1) is 5.92 Å². The summed E-state index contributed by atoms with van der Waals surface area (Å²) in [6.07, 6.45) is 0.373. The molecule has 0 unspecified atom stereocenters. The summed E-state index contributed by atoms with van der Waals surface area (Å²) in [5.74, 6) is -1.08. The van der Waals surface area contributed by atoms with E-state index in [4.69, 9.17) is 23.7 Å². The summed E-state index contributed by atoms with van der Waals surface area (Å²) >= 11 is 0. The number of carbonyl (C=O) groups excluding carboxylic acids is 3. The average molecular weight is 489 g/mol. The number of benzene rings is 1. The van der Waals surface area contributed by atoms with Crippen molar-refractivity contribution in [3.8, 4) is 17.2 Å². The molecule has 35 heavy (non-hydrogen) atoms. The fraction of sp³-hybridized carbons (Fsp3) is 0.440. The second-order valence-corrected chi connectivity index (χ2v) is 8.07. The number of amides is 1. The van der Waals surface area contributed by atoms with E-state index in [2.05, 4.69) is 10.3 Å². The van der Waals surface area contributed by atoms with Gasteiger partial charge in [0.05, 0.1) is 7.11 Å². The monoisotopic (exact) mass is 488 g/mol. The van der Waals surface area contributed by atoms with Crippen LogP contribution >= 0.6 is 0 Å². The Balaban J connectivity index is 2.08. The first-order valence-corrected chi connectivity index (χ1v) is 11.2.